The first-order chi connectivity index (χ1) is 11.6. The third-order valence-electron chi connectivity index (χ3n) is 5.20. The van der Waals surface area contributed by atoms with E-state index in [2.05, 4.69) is 15.6 Å². The molecular weight excluding hydrogens is 306 g/mol. The summed E-state index contributed by atoms with van der Waals surface area (Å²) in [5.41, 5.74) is 0. The first kappa shape index (κ1) is 16.7. The van der Waals surface area contributed by atoms with Crippen molar-refractivity contribution in [1.29, 1.82) is 0 Å². The van der Waals surface area contributed by atoms with E-state index in [-0.39, 0.29) is 41.3 Å². The molecule has 6 heteroatoms. The Morgan fingerprint density at radius 2 is 1.67 bits per heavy atom. The normalized spacial score (nSPS) is 24.5. The molecule has 0 aromatic carbocycles. The molecule has 0 atom stereocenters. The molecule has 6 nitrogen and oxygen atoms in total. The number of carbonyl (C=O) groups excluding carboxylic acids is 2. The van der Waals surface area contributed by atoms with Crippen molar-refractivity contribution in [1.82, 2.24) is 10.3 Å². The zero-order chi connectivity index (χ0) is 16.9. The van der Waals surface area contributed by atoms with Gasteiger partial charge in [-0.05, 0) is 50.7 Å². The smallest absolute Gasteiger partial charge is 0.228 e. The molecule has 3 N–H and O–H groups in total. The molecule has 0 saturated heterocycles. The van der Waals surface area contributed by atoms with Crippen LogP contribution in [0, 0.1) is 11.8 Å². The van der Waals surface area contributed by atoms with E-state index in [0.717, 1.165) is 51.4 Å². The summed E-state index contributed by atoms with van der Waals surface area (Å²) in [6.45, 7) is 0. The minimum Gasteiger partial charge on any atom is -0.504 e. The van der Waals surface area contributed by atoms with Crippen molar-refractivity contribution in [2.45, 2.75) is 57.4 Å². The van der Waals surface area contributed by atoms with E-state index >= 15 is 0 Å². The van der Waals surface area contributed by atoms with Crippen LogP contribution in [0.15, 0.2) is 18.3 Å². The van der Waals surface area contributed by atoms with Gasteiger partial charge in [-0.3, -0.25) is 9.59 Å². The van der Waals surface area contributed by atoms with Gasteiger partial charge in [-0.2, -0.15) is 0 Å². The number of hydrogen-bond acceptors (Lipinski definition) is 4. The number of hydrogen-bond donors (Lipinski definition) is 3. The Labute approximate surface area is 142 Å². The Hall–Kier alpha value is -2.11. The molecule has 2 saturated carbocycles. The number of pyridine rings is 1. The standard InChI is InChI=1S/C18H25N3O3/c22-15-6-3-11-19-16(15)21-18(24)13-7-9-14(10-8-13)20-17(23)12-4-1-2-5-12/h3,6,11-14,22H,1-2,4-5,7-10H2,(H,20,23)(H,19,21,24). The van der Waals surface area contributed by atoms with Crippen molar-refractivity contribution in [3.05, 3.63) is 18.3 Å². The lowest BCUT2D eigenvalue weighted by atomic mass is 9.85. The van der Waals surface area contributed by atoms with Gasteiger partial charge in [-0.25, -0.2) is 4.98 Å². The number of rotatable bonds is 4. The number of aromatic hydroxyl groups is 1. The van der Waals surface area contributed by atoms with Crippen LogP contribution in [0.25, 0.3) is 0 Å². The molecule has 3 rings (SSSR count). The SMILES string of the molecule is O=C(Nc1ncccc1O)C1CCC(NC(=O)C2CCCC2)CC1. The summed E-state index contributed by atoms with van der Waals surface area (Å²) in [5, 5.41) is 15.5. The number of anilines is 1. The predicted octanol–water partition coefficient (Wildman–Crippen LogP) is 2.59. The van der Waals surface area contributed by atoms with E-state index < -0.39 is 0 Å². The second-order valence-electron chi connectivity index (χ2n) is 6.90. The first-order valence-corrected chi connectivity index (χ1v) is 8.88. The van der Waals surface area contributed by atoms with E-state index in [1.165, 1.54) is 12.3 Å². The van der Waals surface area contributed by atoms with E-state index in [1.807, 2.05) is 0 Å². The maximum absolute atomic E-state index is 12.3. The van der Waals surface area contributed by atoms with Crippen molar-refractivity contribution >= 4 is 17.6 Å². The lowest BCUT2D eigenvalue weighted by Crippen LogP contribution is -2.41. The van der Waals surface area contributed by atoms with Crippen molar-refractivity contribution in [2.75, 3.05) is 5.32 Å². The molecule has 0 spiro atoms. The molecular formula is C18H25N3O3. The average molecular weight is 331 g/mol. The fourth-order valence-corrected chi connectivity index (χ4v) is 3.72. The maximum Gasteiger partial charge on any atom is 0.228 e. The minimum absolute atomic E-state index is 0.0247. The molecule has 2 aliphatic rings. The van der Waals surface area contributed by atoms with E-state index in [4.69, 9.17) is 0 Å². The number of carbonyl (C=O) groups is 2. The molecule has 130 valence electrons. The van der Waals surface area contributed by atoms with Crippen molar-refractivity contribution < 1.29 is 14.7 Å². The molecule has 0 unspecified atom stereocenters. The summed E-state index contributed by atoms with van der Waals surface area (Å²) in [6.07, 6.45) is 9.01. The van der Waals surface area contributed by atoms with Gasteiger partial charge in [0.1, 0.15) is 0 Å². The summed E-state index contributed by atoms with van der Waals surface area (Å²) >= 11 is 0. The van der Waals surface area contributed by atoms with Crippen LogP contribution in [-0.4, -0.2) is 27.9 Å². The monoisotopic (exact) mass is 331 g/mol. The fourth-order valence-electron chi connectivity index (χ4n) is 3.72. The van der Waals surface area contributed by atoms with Gasteiger partial charge in [0.2, 0.25) is 11.8 Å². The van der Waals surface area contributed by atoms with Crippen LogP contribution in [0.3, 0.4) is 0 Å². The third kappa shape index (κ3) is 4.04. The van der Waals surface area contributed by atoms with Gasteiger partial charge >= 0.3 is 0 Å². The van der Waals surface area contributed by atoms with E-state index in [0.29, 0.717) is 0 Å². The van der Waals surface area contributed by atoms with Gasteiger partial charge in [-0.15, -0.1) is 0 Å². The molecule has 2 amide bonds. The Kier molecular flexibility index (Phi) is 5.33. The van der Waals surface area contributed by atoms with Gasteiger partial charge in [-0.1, -0.05) is 12.8 Å². The highest BCUT2D eigenvalue weighted by Gasteiger charge is 2.30. The molecule has 1 aromatic rings. The van der Waals surface area contributed by atoms with Gasteiger partial charge in [0.05, 0.1) is 0 Å². The zero-order valence-corrected chi connectivity index (χ0v) is 13.8. The summed E-state index contributed by atoms with van der Waals surface area (Å²) in [5.74, 6) is 0.370. The maximum atomic E-state index is 12.3. The Balaban J connectivity index is 1.45. The van der Waals surface area contributed by atoms with Crippen LogP contribution < -0.4 is 10.6 Å². The second kappa shape index (κ2) is 7.64. The molecule has 24 heavy (non-hydrogen) atoms. The minimum atomic E-state index is -0.107. The lowest BCUT2D eigenvalue weighted by molar-refractivity contribution is -0.125. The topological polar surface area (TPSA) is 91.3 Å². The van der Waals surface area contributed by atoms with Gasteiger partial charge in [0, 0.05) is 24.1 Å². The summed E-state index contributed by atoms with van der Waals surface area (Å²) < 4.78 is 0. The van der Waals surface area contributed by atoms with Crippen LogP contribution in [0.4, 0.5) is 5.82 Å². The highest BCUT2D eigenvalue weighted by molar-refractivity contribution is 5.92. The molecule has 0 aliphatic heterocycles. The predicted molar refractivity (Wildman–Crippen MR) is 90.4 cm³/mol. The summed E-state index contributed by atoms with van der Waals surface area (Å²) in [7, 11) is 0. The molecule has 1 heterocycles. The van der Waals surface area contributed by atoms with Crippen LogP contribution in [0.2, 0.25) is 0 Å². The molecule has 0 bridgehead atoms. The number of nitrogens with one attached hydrogen (secondary N) is 2. The van der Waals surface area contributed by atoms with Crippen LogP contribution in [0.5, 0.6) is 5.75 Å². The summed E-state index contributed by atoms with van der Waals surface area (Å²) in [6, 6.07) is 3.30. The quantitative estimate of drug-likeness (QED) is 0.791. The van der Waals surface area contributed by atoms with Crippen molar-refractivity contribution in [3.63, 3.8) is 0 Å². The van der Waals surface area contributed by atoms with Crippen LogP contribution in [0.1, 0.15) is 51.4 Å². The Morgan fingerprint density at radius 3 is 2.33 bits per heavy atom. The van der Waals surface area contributed by atoms with Gasteiger partial charge in [0.15, 0.2) is 11.6 Å². The summed E-state index contributed by atoms with van der Waals surface area (Å²) in [4.78, 5) is 28.5. The van der Waals surface area contributed by atoms with Gasteiger partial charge < -0.3 is 15.7 Å². The average Bonchev–Trinajstić information content (AvgIpc) is 3.12. The number of aromatic nitrogens is 1. The first-order valence-electron chi connectivity index (χ1n) is 8.88. The second-order valence-corrected chi connectivity index (χ2v) is 6.90. The lowest BCUT2D eigenvalue weighted by Gasteiger charge is -2.29. The highest BCUT2D eigenvalue weighted by Crippen LogP contribution is 2.29. The number of nitrogens with zero attached hydrogens (tertiary/aromatic N) is 1. The van der Waals surface area contributed by atoms with E-state index in [1.54, 1.807) is 6.07 Å². The Bertz CT molecular complexity index is 591. The molecule has 2 aliphatic carbocycles. The van der Waals surface area contributed by atoms with Gasteiger partial charge in [0.25, 0.3) is 0 Å². The van der Waals surface area contributed by atoms with Crippen molar-refractivity contribution in [3.8, 4) is 5.75 Å². The zero-order valence-electron chi connectivity index (χ0n) is 13.8. The van der Waals surface area contributed by atoms with E-state index in [9.17, 15) is 14.7 Å². The third-order valence-corrected chi connectivity index (χ3v) is 5.20. The highest BCUT2D eigenvalue weighted by atomic mass is 16.3. The Morgan fingerprint density at radius 1 is 1.00 bits per heavy atom. The molecule has 2 fully saturated rings. The largest absolute Gasteiger partial charge is 0.504 e. The number of amides is 2. The molecule has 0 radical (unpaired) electrons. The molecule has 1 aromatic heterocycles. The van der Waals surface area contributed by atoms with Crippen LogP contribution in [-0.2, 0) is 9.59 Å². The van der Waals surface area contributed by atoms with Crippen LogP contribution >= 0.6 is 0 Å². The van der Waals surface area contributed by atoms with Crippen molar-refractivity contribution in [2.24, 2.45) is 11.8 Å². The fraction of sp³-hybridized carbons (Fsp3) is 0.611.